The Labute approximate surface area is 160 Å². The number of para-hydroxylation sites is 1. The Bertz CT molecular complexity index is 873. The maximum Gasteiger partial charge on any atom is 0.216 e. The number of benzene rings is 1. The third-order valence-electron chi connectivity index (χ3n) is 9.38. The van der Waals surface area contributed by atoms with Crippen molar-refractivity contribution in [1.82, 2.24) is 0 Å². The van der Waals surface area contributed by atoms with Crippen LogP contribution in [0, 0.1) is 5.41 Å². The second kappa shape index (κ2) is 4.52. The van der Waals surface area contributed by atoms with Gasteiger partial charge in [0.25, 0.3) is 0 Å². The summed E-state index contributed by atoms with van der Waals surface area (Å²) in [6.07, 6.45) is 4.97. The van der Waals surface area contributed by atoms with Gasteiger partial charge in [-0.05, 0) is 37.8 Å². The third-order valence-corrected chi connectivity index (χ3v) is 9.38. The van der Waals surface area contributed by atoms with Crippen LogP contribution < -0.4 is 10.4 Å². The predicted molar refractivity (Wildman–Crippen MR) is 98.8 cm³/mol. The van der Waals surface area contributed by atoms with E-state index in [1.807, 2.05) is 13.0 Å². The van der Waals surface area contributed by atoms with E-state index in [4.69, 9.17) is 4.74 Å². The normalized spacial score (nSPS) is 50.4. The number of carboxylic acids is 1. The first-order chi connectivity index (χ1) is 13.0. The van der Waals surface area contributed by atoms with Crippen LogP contribution >= 0.6 is 0 Å². The topological polar surface area (TPSA) is 61.4 Å². The van der Waals surface area contributed by atoms with Gasteiger partial charge in [-0.3, -0.25) is 0 Å². The first-order valence-electron chi connectivity index (χ1n) is 10.6. The fourth-order valence-electron chi connectivity index (χ4n) is 9.08. The molecular formula is C22H28N2O3. The summed E-state index contributed by atoms with van der Waals surface area (Å²) in [5.41, 5.74) is 0.267. The van der Waals surface area contributed by atoms with Gasteiger partial charge in [0, 0.05) is 30.6 Å². The Morgan fingerprint density at radius 1 is 1.30 bits per heavy atom. The van der Waals surface area contributed by atoms with E-state index < -0.39 is 17.2 Å². The van der Waals surface area contributed by atoms with Gasteiger partial charge in [-0.15, -0.1) is 0 Å². The first-order valence-corrected chi connectivity index (χ1v) is 10.6. The number of quaternary nitrogens is 1. The van der Waals surface area contributed by atoms with E-state index >= 15 is 0 Å². The lowest BCUT2D eigenvalue weighted by Crippen LogP contribution is -2.80. The maximum atomic E-state index is 13.1. The lowest BCUT2D eigenvalue weighted by atomic mass is 9.50. The van der Waals surface area contributed by atoms with Gasteiger partial charge in [0.15, 0.2) is 5.54 Å². The summed E-state index contributed by atoms with van der Waals surface area (Å²) < 4.78 is 7.25. The molecular weight excluding hydrogens is 340 g/mol. The van der Waals surface area contributed by atoms with E-state index in [0.717, 1.165) is 44.5 Å². The summed E-state index contributed by atoms with van der Waals surface area (Å²) in [4.78, 5) is 13.1. The SMILES string of the molecule is CCO[C@@]12Nc3ccccc3[C@@]13CC[N+]14CCC[C@@](CC)(C[C@@]21C(=O)[O-])[C@@H]34. The Morgan fingerprint density at radius 2 is 2.11 bits per heavy atom. The molecule has 1 aromatic carbocycles. The van der Waals surface area contributed by atoms with Crippen LogP contribution in [-0.4, -0.2) is 47.5 Å². The number of anilines is 1. The smallest absolute Gasteiger partial charge is 0.216 e. The Hall–Kier alpha value is -1.59. The Kier molecular flexibility index (Phi) is 2.74. The highest BCUT2D eigenvalue weighted by Gasteiger charge is 2.98. The average Bonchev–Trinajstić information content (AvgIpc) is 3.26. The number of rotatable bonds is 4. The lowest BCUT2D eigenvalue weighted by Gasteiger charge is -2.56. The number of ether oxygens (including phenoxy) is 1. The summed E-state index contributed by atoms with van der Waals surface area (Å²) in [7, 11) is 0. The van der Waals surface area contributed by atoms with Crippen LogP contribution in [-0.2, 0) is 14.9 Å². The van der Waals surface area contributed by atoms with Gasteiger partial charge in [-0.1, -0.05) is 25.1 Å². The number of nitrogens with one attached hydrogen (secondary N) is 1. The van der Waals surface area contributed by atoms with Crippen molar-refractivity contribution in [3.05, 3.63) is 29.8 Å². The Morgan fingerprint density at radius 3 is 2.85 bits per heavy atom. The van der Waals surface area contributed by atoms with Gasteiger partial charge in [0.2, 0.25) is 5.72 Å². The molecule has 27 heavy (non-hydrogen) atoms. The van der Waals surface area contributed by atoms with Crippen LogP contribution in [0.25, 0.3) is 0 Å². The molecule has 144 valence electrons. The van der Waals surface area contributed by atoms with E-state index in [0.29, 0.717) is 23.6 Å². The molecule has 5 heteroatoms. The number of hydrogen-bond donors (Lipinski definition) is 1. The van der Waals surface area contributed by atoms with Gasteiger partial charge in [-0.25, -0.2) is 0 Å². The van der Waals surface area contributed by atoms with E-state index in [1.165, 1.54) is 5.56 Å². The van der Waals surface area contributed by atoms with E-state index in [1.54, 1.807) is 0 Å². The second-order valence-corrected chi connectivity index (χ2v) is 9.53. The van der Waals surface area contributed by atoms with Crippen molar-refractivity contribution in [2.45, 2.75) is 68.7 Å². The molecule has 5 aliphatic heterocycles. The molecule has 6 atom stereocenters. The second-order valence-electron chi connectivity index (χ2n) is 9.53. The molecule has 0 aliphatic carbocycles. The number of carbonyl (C=O) groups excluding carboxylic acids is 1. The van der Waals surface area contributed by atoms with E-state index in [2.05, 4.69) is 30.4 Å². The van der Waals surface area contributed by atoms with Crippen molar-refractivity contribution in [3.8, 4) is 0 Å². The van der Waals surface area contributed by atoms with Gasteiger partial charge < -0.3 is 24.4 Å². The zero-order chi connectivity index (χ0) is 18.7. The van der Waals surface area contributed by atoms with E-state index in [-0.39, 0.29) is 10.8 Å². The number of nitrogens with zero attached hydrogens (tertiary/aromatic N) is 1. The quantitative estimate of drug-likeness (QED) is 0.823. The van der Waals surface area contributed by atoms with Gasteiger partial charge in [-0.2, -0.15) is 0 Å². The minimum Gasteiger partial charge on any atom is -0.544 e. The van der Waals surface area contributed by atoms with Crippen LogP contribution in [0.5, 0.6) is 0 Å². The molecule has 0 aromatic heterocycles. The van der Waals surface area contributed by atoms with Gasteiger partial charge in [0.05, 0.1) is 13.1 Å². The van der Waals surface area contributed by atoms with Gasteiger partial charge >= 0.3 is 0 Å². The molecule has 1 aromatic rings. The van der Waals surface area contributed by atoms with Crippen molar-refractivity contribution in [1.29, 1.82) is 0 Å². The summed E-state index contributed by atoms with van der Waals surface area (Å²) in [6.45, 7) is 6.64. The molecule has 5 heterocycles. The highest BCUT2D eigenvalue weighted by atomic mass is 16.5. The standard InChI is InChI=1S/C22H28N2O3/c1-3-19-10-7-12-24-13-11-20(17(19)24)15-8-5-6-9-16(15)23-22(20,27-4-2)21(24,14-19)18(25)26/h5-6,8-9,17,23H,3-4,7,10-14H2,1-2H3/t17-,19-,20+,21+,22-,24?/m0/s1. The van der Waals surface area contributed by atoms with Crippen molar-refractivity contribution in [3.63, 3.8) is 0 Å². The molecule has 1 spiro atoms. The third kappa shape index (κ3) is 1.24. The molecule has 1 N–H and O–H groups in total. The minimum atomic E-state index is -1.00. The van der Waals surface area contributed by atoms with Crippen molar-refractivity contribution < 1.29 is 19.1 Å². The number of fused-ring (bicyclic) bond motifs is 2. The number of aliphatic carboxylic acids is 1. The Balaban J connectivity index is 1.75. The largest absolute Gasteiger partial charge is 0.544 e. The van der Waals surface area contributed by atoms with Crippen molar-refractivity contribution in [2.24, 2.45) is 5.41 Å². The molecule has 4 saturated heterocycles. The zero-order valence-electron chi connectivity index (χ0n) is 16.2. The molecule has 6 rings (SSSR count). The van der Waals surface area contributed by atoms with Crippen LogP contribution in [0.3, 0.4) is 0 Å². The lowest BCUT2D eigenvalue weighted by molar-refractivity contribution is -0.967. The van der Waals surface area contributed by atoms with Crippen LogP contribution in [0.4, 0.5) is 5.69 Å². The summed E-state index contributed by atoms with van der Waals surface area (Å²) in [6, 6.07) is 8.75. The number of piperidine rings is 2. The molecule has 0 radical (unpaired) electrons. The predicted octanol–water partition coefficient (Wildman–Crippen LogP) is 1.77. The highest BCUT2D eigenvalue weighted by molar-refractivity contribution is 5.85. The number of carboxylic acid groups (broad SMARTS) is 1. The van der Waals surface area contributed by atoms with Crippen LogP contribution in [0.2, 0.25) is 0 Å². The van der Waals surface area contributed by atoms with Crippen molar-refractivity contribution in [2.75, 3.05) is 25.0 Å². The summed E-state index contributed by atoms with van der Waals surface area (Å²) in [5.74, 6) is -0.903. The van der Waals surface area contributed by atoms with Gasteiger partial charge in [0.1, 0.15) is 17.4 Å². The summed E-state index contributed by atoms with van der Waals surface area (Å²) in [5, 5.41) is 16.8. The molecule has 4 fully saturated rings. The number of hydrogen-bond acceptors (Lipinski definition) is 4. The van der Waals surface area contributed by atoms with E-state index in [9.17, 15) is 9.90 Å². The molecule has 0 amide bonds. The van der Waals surface area contributed by atoms with Crippen LogP contribution in [0.15, 0.2) is 24.3 Å². The molecule has 5 bridgehead atoms. The maximum absolute atomic E-state index is 13.1. The molecule has 1 unspecified atom stereocenters. The van der Waals surface area contributed by atoms with Crippen molar-refractivity contribution >= 4 is 11.7 Å². The minimum absolute atomic E-state index is 0.0779. The van der Waals surface area contributed by atoms with Crippen LogP contribution in [0.1, 0.15) is 51.5 Å². The average molecular weight is 368 g/mol. The highest BCUT2D eigenvalue weighted by Crippen LogP contribution is 2.81. The fourth-order valence-corrected chi connectivity index (χ4v) is 9.08. The monoisotopic (exact) mass is 368 g/mol. The number of carbonyl (C=O) groups is 1. The summed E-state index contributed by atoms with van der Waals surface area (Å²) >= 11 is 0. The molecule has 0 saturated carbocycles. The zero-order valence-corrected chi connectivity index (χ0v) is 16.2. The molecule has 5 aliphatic rings. The molecule has 5 nitrogen and oxygen atoms in total. The first kappa shape index (κ1) is 16.4. The fraction of sp³-hybridized carbons (Fsp3) is 0.682.